The molecule has 0 saturated carbocycles. The summed E-state index contributed by atoms with van der Waals surface area (Å²) in [5.41, 5.74) is 5.15. The smallest absolute Gasteiger partial charge is 0.416 e. The Morgan fingerprint density at radius 3 is 2.25 bits per heavy atom. The van der Waals surface area contributed by atoms with Crippen molar-refractivity contribution in [3.63, 3.8) is 0 Å². The molecule has 28 heavy (non-hydrogen) atoms. The van der Waals surface area contributed by atoms with Gasteiger partial charge in [0.05, 0.1) is 5.56 Å². The molecule has 0 unspecified atom stereocenters. The molecule has 144 valence electrons. The lowest BCUT2D eigenvalue weighted by Gasteiger charge is -2.07. The van der Waals surface area contributed by atoms with E-state index in [0.29, 0.717) is 5.56 Å². The Morgan fingerprint density at radius 1 is 0.893 bits per heavy atom. The molecule has 5 nitrogen and oxygen atoms in total. The Labute approximate surface area is 158 Å². The molecule has 1 aromatic heterocycles. The fourth-order valence-electron chi connectivity index (χ4n) is 2.42. The number of aryl methyl sites for hydroxylation is 1. The molecule has 8 heteroatoms. The lowest BCUT2D eigenvalue weighted by Crippen LogP contribution is -2.41. The Balaban J connectivity index is 1.67. The molecule has 0 saturated heterocycles. The van der Waals surface area contributed by atoms with Gasteiger partial charge in [0.25, 0.3) is 5.91 Å². The average Bonchev–Trinajstić information content (AvgIpc) is 3.16. The van der Waals surface area contributed by atoms with Gasteiger partial charge in [-0.15, -0.1) is 0 Å². The van der Waals surface area contributed by atoms with Crippen molar-refractivity contribution in [1.82, 2.24) is 10.9 Å². The van der Waals surface area contributed by atoms with Crippen LogP contribution in [0.2, 0.25) is 0 Å². The van der Waals surface area contributed by atoms with Gasteiger partial charge in [-0.05, 0) is 43.3 Å². The molecule has 0 aliphatic rings. The SMILES string of the molecule is Cc1ccc(C(=O)NNC(=O)c2ccc(-c3cccc(C(F)(F)F)c3)o2)cc1. The molecule has 0 radical (unpaired) electrons. The molecular weight excluding hydrogens is 373 g/mol. The maximum Gasteiger partial charge on any atom is 0.416 e. The molecule has 0 fully saturated rings. The number of hydrogen-bond donors (Lipinski definition) is 2. The van der Waals surface area contributed by atoms with Gasteiger partial charge in [-0.1, -0.05) is 29.8 Å². The minimum atomic E-state index is -4.48. The number of carbonyl (C=O) groups excluding carboxylic acids is 2. The first kappa shape index (κ1) is 19.2. The Bertz CT molecular complexity index is 1010. The first-order chi connectivity index (χ1) is 13.2. The van der Waals surface area contributed by atoms with Crippen LogP contribution in [-0.4, -0.2) is 11.8 Å². The van der Waals surface area contributed by atoms with Crippen LogP contribution >= 0.6 is 0 Å². The number of nitrogens with one attached hydrogen (secondary N) is 2. The number of amides is 2. The standard InChI is InChI=1S/C20H15F3N2O3/c1-12-5-7-13(8-6-12)18(26)24-25-19(27)17-10-9-16(28-17)14-3-2-4-15(11-14)20(21,22)23/h2-11H,1H3,(H,24,26)(H,25,27). The molecule has 0 atom stereocenters. The minimum absolute atomic E-state index is 0.0983. The van der Waals surface area contributed by atoms with Crippen LogP contribution in [0.5, 0.6) is 0 Å². The van der Waals surface area contributed by atoms with Gasteiger partial charge < -0.3 is 4.42 Å². The predicted molar refractivity (Wildman–Crippen MR) is 95.3 cm³/mol. The zero-order valence-corrected chi connectivity index (χ0v) is 14.6. The number of furan rings is 1. The summed E-state index contributed by atoms with van der Waals surface area (Å²) in [7, 11) is 0. The third-order valence-corrected chi connectivity index (χ3v) is 3.91. The zero-order valence-electron chi connectivity index (χ0n) is 14.6. The Hall–Kier alpha value is -3.55. The van der Waals surface area contributed by atoms with Gasteiger partial charge >= 0.3 is 12.1 Å². The van der Waals surface area contributed by atoms with Gasteiger partial charge in [-0.25, -0.2) is 0 Å². The summed E-state index contributed by atoms with van der Waals surface area (Å²) in [5.74, 6) is -1.31. The van der Waals surface area contributed by atoms with Crippen molar-refractivity contribution in [2.75, 3.05) is 0 Å². The average molecular weight is 388 g/mol. The van der Waals surface area contributed by atoms with Gasteiger partial charge in [0, 0.05) is 11.1 Å². The number of hydrazine groups is 1. The van der Waals surface area contributed by atoms with E-state index >= 15 is 0 Å². The monoisotopic (exact) mass is 388 g/mol. The van der Waals surface area contributed by atoms with Gasteiger partial charge in [-0.2, -0.15) is 13.2 Å². The number of benzene rings is 2. The highest BCUT2D eigenvalue weighted by atomic mass is 19.4. The van der Waals surface area contributed by atoms with Crippen LogP contribution in [0.15, 0.2) is 65.1 Å². The molecule has 0 aliphatic heterocycles. The predicted octanol–water partition coefficient (Wildman–Crippen LogP) is 4.35. The summed E-state index contributed by atoms with van der Waals surface area (Å²) in [5, 5.41) is 0. The third kappa shape index (κ3) is 4.40. The van der Waals surface area contributed by atoms with Crippen LogP contribution in [0, 0.1) is 6.92 Å². The second-order valence-corrected chi connectivity index (χ2v) is 6.02. The number of hydrogen-bond acceptors (Lipinski definition) is 3. The molecule has 3 aromatic rings. The highest BCUT2D eigenvalue weighted by molar-refractivity contribution is 5.98. The molecular formula is C20H15F3N2O3. The van der Waals surface area contributed by atoms with E-state index in [2.05, 4.69) is 10.9 Å². The van der Waals surface area contributed by atoms with Crippen molar-refractivity contribution in [3.05, 3.63) is 83.1 Å². The second-order valence-electron chi connectivity index (χ2n) is 6.02. The second kappa shape index (κ2) is 7.59. The lowest BCUT2D eigenvalue weighted by molar-refractivity contribution is -0.137. The summed E-state index contributed by atoms with van der Waals surface area (Å²) in [6.07, 6.45) is -4.48. The van der Waals surface area contributed by atoms with Crippen LogP contribution in [0.1, 0.15) is 32.0 Å². The number of halogens is 3. The van der Waals surface area contributed by atoms with Crippen LogP contribution < -0.4 is 10.9 Å². The Kier molecular flexibility index (Phi) is 5.21. The van der Waals surface area contributed by atoms with Gasteiger partial charge in [0.15, 0.2) is 5.76 Å². The molecule has 2 aromatic carbocycles. The molecule has 0 spiro atoms. The van der Waals surface area contributed by atoms with Crippen molar-refractivity contribution in [1.29, 1.82) is 0 Å². The van der Waals surface area contributed by atoms with Crippen molar-refractivity contribution >= 4 is 11.8 Å². The van der Waals surface area contributed by atoms with E-state index in [4.69, 9.17) is 4.42 Å². The van der Waals surface area contributed by atoms with E-state index in [1.165, 1.54) is 24.3 Å². The van der Waals surface area contributed by atoms with Crippen LogP contribution in [0.4, 0.5) is 13.2 Å². The van der Waals surface area contributed by atoms with E-state index in [-0.39, 0.29) is 17.1 Å². The largest absolute Gasteiger partial charge is 0.451 e. The maximum atomic E-state index is 12.8. The van der Waals surface area contributed by atoms with Gasteiger partial charge in [0.1, 0.15) is 5.76 Å². The number of carbonyl (C=O) groups is 2. The molecule has 0 bridgehead atoms. The van der Waals surface area contributed by atoms with E-state index in [0.717, 1.165) is 17.7 Å². The quantitative estimate of drug-likeness (QED) is 0.656. The van der Waals surface area contributed by atoms with Crippen molar-refractivity contribution in [2.45, 2.75) is 13.1 Å². The minimum Gasteiger partial charge on any atom is -0.451 e. The summed E-state index contributed by atoms with van der Waals surface area (Å²) in [4.78, 5) is 24.1. The third-order valence-electron chi connectivity index (χ3n) is 3.91. The summed E-state index contributed by atoms with van der Waals surface area (Å²) < 4.78 is 43.8. The van der Waals surface area contributed by atoms with E-state index in [9.17, 15) is 22.8 Å². The summed E-state index contributed by atoms with van der Waals surface area (Å²) in [6, 6.07) is 14.0. The fourth-order valence-corrected chi connectivity index (χ4v) is 2.42. The highest BCUT2D eigenvalue weighted by Gasteiger charge is 2.30. The van der Waals surface area contributed by atoms with E-state index < -0.39 is 23.6 Å². The number of alkyl halides is 3. The van der Waals surface area contributed by atoms with E-state index in [1.54, 1.807) is 24.3 Å². The van der Waals surface area contributed by atoms with E-state index in [1.807, 2.05) is 6.92 Å². The zero-order chi connectivity index (χ0) is 20.3. The van der Waals surface area contributed by atoms with Crippen LogP contribution in [-0.2, 0) is 6.18 Å². The van der Waals surface area contributed by atoms with Crippen LogP contribution in [0.25, 0.3) is 11.3 Å². The number of rotatable bonds is 3. The molecule has 0 aliphatic carbocycles. The van der Waals surface area contributed by atoms with Crippen LogP contribution in [0.3, 0.4) is 0 Å². The molecule has 1 heterocycles. The fraction of sp³-hybridized carbons (Fsp3) is 0.100. The first-order valence-corrected chi connectivity index (χ1v) is 8.19. The normalized spacial score (nSPS) is 11.1. The molecule has 3 rings (SSSR count). The lowest BCUT2D eigenvalue weighted by atomic mass is 10.1. The molecule has 2 N–H and O–H groups in total. The topological polar surface area (TPSA) is 71.3 Å². The Morgan fingerprint density at radius 2 is 1.57 bits per heavy atom. The summed E-state index contributed by atoms with van der Waals surface area (Å²) in [6.45, 7) is 1.88. The van der Waals surface area contributed by atoms with Crippen molar-refractivity contribution in [3.8, 4) is 11.3 Å². The summed E-state index contributed by atoms with van der Waals surface area (Å²) >= 11 is 0. The molecule has 2 amide bonds. The van der Waals surface area contributed by atoms with Crippen molar-refractivity contribution in [2.24, 2.45) is 0 Å². The van der Waals surface area contributed by atoms with Gasteiger partial charge in [-0.3, -0.25) is 20.4 Å². The van der Waals surface area contributed by atoms with Gasteiger partial charge in [0.2, 0.25) is 0 Å². The highest BCUT2D eigenvalue weighted by Crippen LogP contribution is 2.32. The van der Waals surface area contributed by atoms with Crippen molar-refractivity contribution < 1.29 is 27.2 Å². The maximum absolute atomic E-state index is 12.8. The first-order valence-electron chi connectivity index (χ1n) is 8.19.